The van der Waals surface area contributed by atoms with Crippen LogP contribution in [0, 0.1) is 11.3 Å². The number of aromatic nitrogens is 1. The summed E-state index contributed by atoms with van der Waals surface area (Å²) in [6, 6.07) is 19.5. The Morgan fingerprint density at radius 1 is 1.00 bits per heavy atom. The van der Waals surface area contributed by atoms with E-state index in [0.29, 0.717) is 35.0 Å². The molecule has 0 bridgehead atoms. The first kappa shape index (κ1) is 22.0. The quantitative estimate of drug-likeness (QED) is 0.482. The monoisotopic (exact) mass is 459 g/mol. The summed E-state index contributed by atoms with van der Waals surface area (Å²) in [5.41, 5.74) is 3.65. The molecule has 2 N–H and O–H groups in total. The molecule has 1 saturated heterocycles. The van der Waals surface area contributed by atoms with Gasteiger partial charge in [0.2, 0.25) is 0 Å². The Morgan fingerprint density at radius 3 is 2.55 bits per heavy atom. The van der Waals surface area contributed by atoms with Crippen LogP contribution in [0.15, 0.2) is 48.5 Å². The zero-order valence-electron chi connectivity index (χ0n) is 18.9. The first-order valence-electron chi connectivity index (χ1n) is 12.0. The van der Waals surface area contributed by atoms with Crippen LogP contribution < -0.4 is 15.5 Å². The van der Waals surface area contributed by atoms with Crippen molar-refractivity contribution in [3.05, 3.63) is 64.7 Å². The molecular formula is C27H30ClN5. The fraction of sp³-hybridized carbons (Fsp3) is 0.407. The zero-order chi connectivity index (χ0) is 22.6. The molecule has 6 heteroatoms. The highest BCUT2D eigenvalue weighted by Gasteiger charge is 2.27. The number of benzene rings is 2. The van der Waals surface area contributed by atoms with E-state index < -0.39 is 0 Å². The first-order chi connectivity index (χ1) is 16.2. The molecule has 170 valence electrons. The van der Waals surface area contributed by atoms with Gasteiger partial charge in [0.15, 0.2) is 0 Å². The number of nitrogens with one attached hydrogen (secondary N) is 2. The fourth-order valence-corrected chi connectivity index (χ4v) is 5.41. The number of fused-ring (bicyclic) bond motifs is 1. The van der Waals surface area contributed by atoms with Crippen LogP contribution in [0.3, 0.4) is 0 Å². The van der Waals surface area contributed by atoms with Crippen molar-refractivity contribution in [2.45, 2.75) is 57.2 Å². The topological polar surface area (TPSA) is 64.0 Å². The largest absolute Gasteiger partial charge is 0.368 e. The van der Waals surface area contributed by atoms with Crippen LogP contribution in [-0.4, -0.2) is 30.2 Å². The average Bonchev–Trinajstić information content (AvgIpc) is 3.36. The molecule has 1 saturated carbocycles. The molecule has 1 aromatic heterocycles. The maximum absolute atomic E-state index is 10.2. The number of nitrogens with zero attached hydrogens (tertiary/aromatic N) is 3. The van der Waals surface area contributed by atoms with Gasteiger partial charge in [0, 0.05) is 42.1 Å². The molecule has 3 aromatic rings. The minimum Gasteiger partial charge on any atom is -0.368 e. The summed E-state index contributed by atoms with van der Waals surface area (Å²) >= 11 is 6.03. The van der Waals surface area contributed by atoms with Crippen molar-refractivity contribution in [3.8, 4) is 6.07 Å². The van der Waals surface area contributed by atoms with Gasteiger partial charge in [0.1, 0.15) is 17.5 Å². The van der Waals surface area contributed by atoms with E-state index in [0.717, 1.165) is 41.7 Å². The van der Waals surface area contributed by atoms with Crippen LogP contribution in [0.25, 0.3) is 10.9 Å². The number of pyridine rings is 1. The molecule has 0 spiro atoms. The second-order valence-corrected chi connectivity index (χ2v) is 9.66. The van der Waals surface area contributed by atoms with Gasteiger partial charge in [-0.05, 0) is 49.4 Å². The standard InChI is InChI=1S/C27H30ClN5/c28-20-13-11-19(12-14-20)17-30-27-24(16-29)26(23-9-3-4-10-25(23)32-27)33-15-5-8-22(18-33)31-21-6-1-2-7-21/h3-4,9-14,21-22,31H,1-2,5-8,15,17-18H2,(H,30,32). The summed E-state index contributed by atoms with van der Waals surface area (Å²) in [6.07, 6.45) is 7.57. The van der Waals surface area contributed by atoms with Crippen molar-refractivity contribution in [2.75, 3.05) is 23.3 Å². The summed E-state index contributed by atoms with van der Waals surface area (Å²) < 4.78 is 0. The molecule has 2 heterocycles. The van der Waals surface area contributed by atoms with E-state index in [9.17, 15) is 5.26 Å². The molecule has 33 heavy (non-hydrogen) atoms. The summed E-state index contributed by atoms with van der Waals surface area (Å²) in [5, 5.41) is 19.3. The predicted molar refractivity (Wildman–Crippen MR) is 136 cm³/mol. The molecule has 2 aliphatic rings. The van der Waals surface area contributed by atoms with Gasteiger partial charge in [0.05, 0.1) is 11.2 Å². The number of nitriles is 1. The van der Waals surface area contributed by atoms with E-state index in [2.05, 4.69) is 27.7 Å². The van der Waals surface area contributed by atoms with Crippen LogP contribution in [0.2, 0.25) is 5.02 Å². The molecule has 0 amide bonds. The maximum atomic E-state index is 10.2. The van der Waals surface area contributed by atoms with Gasteiger partial charge in [0.25, 0.3) is 0 Å². The Morgan fingerprint density at radius 2 is 1.76 bits per heavy atom. The van der Waals surface area contributed by atoms with Crippen LogP contribution in [0.4, 0.5) is 11.5 Å². The lowest BCUT2D eigenvalue weighted by Gasteiger charge is -2.37. The highest BCUT2D eigenvalue weighted by atomic mass is 35.5. The van der Waals surface area contributed by atoms with Gasteiger partial charge in [-0.15, -0.1) is 0 Å². The lowest BCUT2D eigenvalue weighted by Crippen LogP contribution is -2.48. The molecule has 1 atom stereocenters. The Hall–Kier alpha value is -2.81. The van der Waals surface area contributed by atoms with Crippen molar-refractivity contribution >= 4 is 34.0 Å². The first-order valence-corrected chi connectivity index (χ1v) is 12.4. The normalized spacial score (nSPS) is 19.0. The minimum atomic E-state index is 0.464. The molecule has 1 unspecified atom stereocenters. The molecule has 1 aliphatic carbocycles. The lowest BCUT2D eigenvalue weighted by molar-refractivity contribution is 0.375. The van der Waals surface area contributed by atoms with E-state index in [1.54, 1.807) is 0 Å². The molecule has 2 fully saturated rings. The molecular weight excluding hydrogens is 430 g/mol. The third-order valence-electron chi connectivity index (χ3n) is 6.91. The molecule has 0 radical (unpaired) electrons. The van der Waals surface area contributed by atoms with Crippen LogP contribution in [-0.2, 0) is 6.54 Å². The molecule has 5 rings (SSSR count). The van der Waals surface area contributed by atoms with Crippen LogP contribution >= 0.6 is 11.6 Å². The van der Waals surface area contributed by atoms with Crippen molar-refractivity contribution in [1.82, 2.24) is 10.3 Å². The fourth-order valence-electron chi connectivity index (χ4n) is 5.29. The lowest BCUT2D eigenvalue weighted by atomic mass is 10.0. The summed E-state index contributed by atoms with van der Waals surface area (Å²) in [7, 11) is 0. The summed E-state index contributed by atoms with van der Waals surface area (Å²) in [5.74, 6) is 0.645. The van der Waals surface area contributed by atoms with Crippen molar-refractivity contribution in [3.63, 3.8) is 0 Å². The van der Waals surface area contributed by atoms with Gasteiger partial charge >= 0.3 is 0 Å². The van der Waals surface area contributed by atoms with Crippen molar-refractivity contribution < 1.29 is 0 Å². The van der Waals surface area contributed by atoms with Gasteiger partial charge in [-0.2, -0.15) is 5.26 Å². The Kier molecular flexibility index (Phi) is 6.66. The predicted octanol–water partition coefficient (Wildman–Crippen LogP) is 5.87. The van der Waals surface area contributed by atoms with E-state index in [1.807, 2.05) is 42.5 Å². The third-order valence-corrected chi connectivity index (χ3v) is 7.17. The second-order valence-electron chi connectivity index (χ2n) is 9.23. The molecule has 2 aromatic carbocycles. The van der Waals surface area contributed by atoms with Gasteiger partial charge in [-0.1, -0.05) is 54.8 Å². The zero-order valence-corrected chi connectivity index (χ0v) is 19.6. The van der Waals surface area contributed by atoms with E-state index >= 15 is 0 Å². The second kappa shape index (κ2) is 9.99. The van der Waals surface area contributed by atoms with E-state index in [-0.39, 0.29) is 0 Å². The number of anilines is 2. The smallest absolute Gasteiger partial charge is 0.147 e. The number of para-hydroxylation sites is 1. The number of piperidine rings is 1. The Balaban J connectivity index is 1.46. The summed E-state index contributed by atoms with van der Waals surface area (Å²) in [4.78, 5) is 7.24. The SMILES string of the molecule is N#Cc1c(NCc2ccc(Cl)cc2)nc2ccccc2c1N1CCCC(NC2CCCC2)C1. The maximum Gasteiger partial charge on any atom is 0.147 e. The Labute approximate surface area is 200 Å². The number of hydrogen-bond acceptors (Lipinski definition) is 5. The van der Waals surface area contributed by atoms with Gasteiger partial charge < -0.3 is 15.5 Å². The van der Waals surface area contributed by atoms with E-state index in [4.69, 9.17) is 16.6 Å². The van der Waals surface area contributed by atoms with Gasteiger partial charge in [-0.25, -0.2) is 4.98 Å². The van der Waals surface area contributed by atoms with Crippen molar-refractivity contribution in [1.29, 1.82) is 5.26 Å². The average molecular weight is 460 g/mol. The third kappa shape index (κ3) is 4.93. The van der Waals surface area contributed by atoms with E-state index in [1.165, 1.54) is 32.1 Å². The van der Waals surface area contributed by atoms with Gasteiger partial charge in [-0.3, -0.25) is 0 Å². The number of hydrogen-bond donors (Lipinski definition) is 2. The van der Waals surface area contributed by atoms with Crippen LogP contribution in [0.1, 0.15) is 49.7 Å². The molecule has 1 aliphatic heterocycles. The summed E-state index contributed by atoms with van der Waals surface area (Å²) in [6.45, 7) is 2.47. The highest BCUT2D eigenvalue weighted by molar-refractivity contribution is 6.30. The van der Waals surface area contributed by atoms with Crippen LogP contribution in [0.5, 0.6) is 0 Å². The van der Waals surface area contributed by atoms with Crippen molar-refractivity contribution in [2.24, 2.45) is 0 Å². The number of halogens is 1. The number of rotatable bonds is 6. The minimum absolute atomic E-state index is 0.464. The highest BCUT2D eigenvalue weighted by Crippen LogP contribution is 2.36. The molecule has 5 nitrogen and oxygen atoms in total. The Bertz CT molecular complexity index is 1150.